The number of aliphatic hydroxyl groups excluding tert-OH is 2. The number of esters is 1. The van der Waals surface area contributed by atoms with Crippen LogP contribution in [0.2, 0.25) is 0 Å². The maximum Gasteiger partial charge on any atom is 0.306 e. The number of nitrogens with one attached hydrogen (secondary N) is 1. The topological polar surface area (TPSA) is 95.9 Å². The summed E-state index contributed by atoms with van der Waals surface area (Å²) >= 11 is 0. The lowest BCUT2D eigenvalue weighted by molar-refractivity contribution is -0.151. The SMILES string of the molecule is CC/C=C/C/C=C/C/C=C/C/C=C/CCCCCC(=O)OC(CCCCCCCCC/C=C\C/C=C\CCCCC)CC(=O)NC(CO)C(O)CCCCCCCCCCCCCCCC. The van der Waals surface area contributed by atoms with Gasteiger partial charge in [-0.3, -0.25) is 9.59 Å². The Kier molecular flexibility index (Phi) is 51.1. The molecule has 0 aliphatic heterocycles. The highest BCUT2D eigenvalue weighted by Gasteiger charge is 2.24. The van der Waals surface area contributed by atoms with Crippen LogP contribution in [-0.4, -0.2) is 46.9 Å². The molecular formula is C60H107NO5. The minimum atomic E-state index is -0.799. The number of rotatable bonds is 50. The van der Waals surface area contributed by atoms with Crippen molar-refractivity contribution in [2.45, 2.75) is 289 Å². The number of unbranched alkanes of at least 4 members (excludes halogenated alkanes) is 26. The third-order valence-electron chi connectivity index (χ3n) is 12.5. The fourth-order valence-corrected chi connectivity index (χ4v) is 8.28. The van der Waals surface area contributed by atoms with E-state index in [4.69, 9.17) is 4.74 Å². The summed E-state index contributed by atoms with van der Waals surface area (Å²) in [5, 5.41) is 23.9. The Balaban J connectivity index is 4.65. The van der Waals surface area contributed by atoms with Gasteiger partial charge in [-0.05, 0) is 96.3 Å². The molecule has 3 N–H and O–H groups in total. The van der Waals surface area contributed by atoms with Crippen molar-refractivity contribution in [3.63, 3.8) is 0 Å². The van der Waals surface area contributed by atoms with Gasteiger partial charge < -0.3 is 20.3 Å². The van der Waals surface area contributed by atoms with Gasteiger partial charge >= 0.3 is 5.97 Å². The molecule has 382 valence electrons. The Bertz CT molecular complexity index is 1220. The van der Waals surface area contributed by atoms with E-state index in [2.05, 4.69) is 99.0 Å². The van der Waals surface area contributed by atoms with E-state index in [0.717, 1.165) is 103 Å². The van der Waals surface area contributed by atoms with Crippen LogP contribution in [0.15, 0.2) is 72.9 Å². The molecule has 0 heterocycles. The van der Waals surface area contributed by atoms with E-state index in [1.165, 1.54) is 122 Å². The zero-order chi connectivity index (χ0) is 48.1. The van der Waals surface area contributed by atoms with Gasteiger partial charge in [0.25, 0.3) is 0 Å². The number of amides is 1. The molecule has 0 fully saturated rings. The van der Waals surface area contributed by atoms with Crippen molar-refractivity contribution in [1.29, 1.82) is 0 Å². The van der Waals surface area contributed by atoms with Crippen LogP contribution in [-0.2, 0) is 14.3 Å². The van der Waals surface area contributed by atoms with Crippen LogP contribution >= 0.6 is 0 Å². The van der Waals surface area contributed by atoms with Crippen molar-refractivity contribution in [3.05, 3.63) is 72.9 Å². The van der Waals surface area contributed by atoms with Gasteiger partial charge in [0.05, 0.1) is 25.2 Å². The van der Waals surface area contributed by atoms with E-state index in [1.807, 2.05) is 0 Å². The fourth-order valence-electron chi connectivity index (χ4n) is 8.28. The molecule has 0 radical (unpaired) electrons. The number of carbonyl (C=O) groups is 2. The van der Waals surface area contributed by atoms with Crippen LogP contribution in [0, 0.1) is 0 Å². The maximum absolute atomic E-state index is 13.3. The van der Waals surface area contributed by atoms with Crippen LogP contribution in [0.4, 0.5) is 0 Å². The molecule has 1 amide bonds. The van der Waals surface area contributed by atoms with Gasteiger partial charge in [-0.25, -0.2) is 0 Å². The third-order valence-corrected chi connectivity index (χ3v) is 12.5. The first-order chi connectivity index (χ1) is 32.5. The molecule has 0 aromatic carbocycles. The molecule has 6 nitrogen and oxygen atoms in total. The molecular weight excluding hydrogens is 815 g/mol. The van der Waals surface area contributed by atoms with Crippen LogP contribution in [0.5, 0.6) is 0 Å². The normalized spacial score (nSPS) is 13.7. The lowest BCUT2D eigenvalue weighted by atomic mass is 10.0. The highest BCUT2D eigenvalue weighted by Crippen LogP contribution is 2.18. The molecule has 3 unspecified atom stereocenters. The van der Waals surface area contributed by atoms with Crippen LogP contribution in [0.25, 0.3) is 0 Å². The van der Waals surface area contributed by atoms with Gasteiger partial charge in [-0.2, -0.15) is 0 Å². The zero-order valence-electron chi connectivity index (χ0n) is 43.6. The molecule has 0 spiro atoms. The molecule has 0 aromatic rings. The average Bonchev–Trinajstić information content (AvgIpc) is 3.31. The van der Waals surface area contributed by atoms with Gasteiger partial charge in [0.1, 0.15) is 6.10 Å². The summed E-state index contributed by atoms with van der Waals surface area (Å²) in [6.07, 6.45) is 68.2. The summed E-state index contributed by atoms with van der Waals surface area (Å²) in [7, 11) is 0. The predicted octanol–water partition coefficient (Wildman–Crippen LogP) is 17.3. The first-order valence-corrected chi connectivity index (χ1v) is 28.2. The van der Waals surface area contributed by atoms with E-state index < -0.39 is 18.2 Å². The van der Waals surface area contributed by atoms with Crippen molar-refractivity contribution in [1.82, 2.24) is 5.32 Å². The van der Waals surface area contributed by atoms with Crippen LogP contribution < -0.4 is 5.32 Å². The summed E-state index contributed by atoms with van der Waals surface area (Å²) < 4.78 is 5.94. The first-order valence-electron chi connectivity index (χ1n) is 28.2. The molecule has 0 aliphatic carbocycles. The number of hydrogen-bond acceptors (Lipinski definition) is 5. The van der Waals surface area contributed by atoms with E-state index >= 15 is 0 Å². The molecule has 0 saturated carbocycles. The second-order valence-electron chi connectivity index (χ2n) is 19.0. The van der Waals surface area contributed by atoms with E-state index in [9.17, 15) is 19.8 Å². The highest BCUT2D eigenvalue weighted by atomic mass is 16.5. The van der Waals surface area contributed by atoms with Crippen molar-refractivity contribution < 1.29 is 24.5 Å². The Hall–Kier alpha value is -2.70. The third kappa shape index (κ3) is 47.8. The molecule has 0 rings (SSSR count). The Labute approximate surface area is 409 Å². The lowest BCUT2D eigenvalue weighted by Crippen LogP contribution is -2.46. The van der Waals surface area contributed by atoms with Crippen molar-refractivity contribution in [3.8, 4) is 0 Å². The minimum absolute atomic E-state index is 0.0574. The van der Waals surface area contributed by atoms with Gasteiger partial charge in [0.15, 0.2) is 0 Å². The number of ether oxygens (including phenoxy) is 1. The zero-order valence-corrected chi connectivity index (χ0v) is 43.6. The Morgan fingerprint density at radius 3 is 1.27 bits per heavy atom. The summed E-state index contributed by atoms with van der Waals surface area (Å²) in [6.45, 7) is 6.35. The summed E-state index contributed by atoms with van der Waals surface area (Å²) in [4.78, 5) is 26.3. The second-order valence-corrected chi connectivity index (χ2v) is 19.0. The van der Waals surface area contributed by atoms with Gasteiger partial charge in [-0.1, -0.05) is 235 Å². The highest BCUT2D eigenvalue weighted by molar-refractivity contribution is 5.77. The first kappa shape index (κ1) is 63.3. The number of carbonyl (C=O) groups excluding carboxylic acids is 2. The standard InChI is InChI=1S/C60H107NO5/c1-4-7-10-13-16-19-22-25-28-30-31-33-36-39-42-45-48-51-56(66-60(65)53-50-47-44-41-38-35-32-29-26-23-20-17-14-11-8-5-2)54-59(64)61-57(55-62)58(63)52-49-46-43-40-37-34-27-24-21-18-15-12-9-6-3/h8,11,16-17,19-20,25-26,28-29,35,38,56-58,62-63H,4-7,9-10,12-15,18,21-24,27,30-34,36-37,39-55H2,1-3H3,(H,61,64)/b11-8+,19-16-,20-17+,28-25-,29-26+,38-35+. The fraction of sp³-hybridized carbons (Fsp3) is 0.767. The van der Waals surface area contributed by atoms with E-state index in [1.54, 1.807) is 0 Å². The largest absolute Gasteiger partial charge is 0.462 e. The summed E-state index contributed by atoms with van der Waals surface area (Å²) in [5.41, 5.74) is 0. The van der Waals surface area contributed by atoms with Crippen molar-refractivity contribution >= 4 is 11.9 Å². The Morgan fingerprint density at radius 2 is 0.818 bits per heavy atom. The van der Waals surface area contributed by atoms with Gasteiger partial charge in [-0.15, -0.1) is 0 Å². The molecule has 0 aliphatic rings. The summed E-state index contributed by atoms with van der Waals surface area (Å²) in [5.74, 6) is -0.514. The average molecular weight is 923 g/mol. The van der Waals surface area contributed by atoms with E-state index in [-0.39, 0.29) is 24.9 Å². The monoisotopic (exact) mass is 922 g/mol. The maximum atomic E-state index is 13.3. The molecule has 0 saturated heterocycles. The van der Waals surface area contributed by atoms with Crippen LogP contribution in [0.1, 0.15) is 271 Å². The predicted molar refractivity (Wildman–Crippen MR) is 287 cm³/mol. The summed E-state index contributed by atoms with van der Waals surface area (Å²) in [6, 6.07) is -0.714. The molecule has 3 atom stereocenters. The van der Waals surface area contributed by atoms with Gasteiger partial charge in [0.2, 0.25) is 5.91 Å². The molecule has 0 bridgehead atoms. The van der Waals surface area contributed by atoms with Crippen LogP contribution in [0.3, 0.4) is 0 Å². The smallest absolute Gasteiger partial charge is 0.306 e. The quantitative estimate of drug-likeness (QED) is 0.0321. The Morgan fingerprint density at radius 1 is 0.455 bits per heavy atom. The second kappa shape index (κ2) is 53.3. The molecule has 66 heavy (non-hydrogen) atoms. The number of aliphatic hydroxyl groups is 2. The van der Waals surface area contributed by atoms with Crippen molar-refractivity contribution in [2.75, 3.05) is 6.61 Å². The van der Waals surface area contributed by atoms with Crippen molar-refractivity contribution in [2.24, 2.45) is 0 Å². The molecule has 6 heteroatoms. The lowest BCUT2D eigenvalue weighted by Gasteiger charge is -2.24. The molecule has 0 aromatic heterocycles. The number of hydrogen-bond donors (Lipinski definition) is 3. The number of allylic oxidation sites excluding steroid dienone is 12. The van der Waals surface area contributed by atoms with E-state index in [0.29, 0.717) is 19.3 Å². The minimum Gasteiger partial charge on any atom is -0.462 e. The van der Waals surface area contributed by atoms with Gasteiger partial charge in [0, 0.05) is 6.42 Å².